The minimum Gasteiger partial charge on any atom is -0.494 e. The number of imide groups is 1. The van der Waals surface area contributed by atoms with Gasteiger partial charge in [-0.25, -0.2) is 0 Å². The highest BCUT2D eigenvalue weighted by molar-refractivity contribution is 8.18. The molecule has 1 heterocycles. The molecule has 1 aliphatic heterocycles. The predicted molar refractivity (Wildman–Crippen MR) is 106 cm³/mol. The van der Waals surface area contributed by atoms with Crippen LogP contribution in [0.25, 0.3) is 6.08 Å². The number of benzene rings is 2. The molecule has 0 aromatic heterocycles. The van der Waals surface area contributed by atoms with E-state index in [4.69, 9.17) is 27.9 Å². The highest BCUT2D eigenvalue weighted by atomic mass is 35.5. The van der Waals surface area contributed by atoms with Crippen molar-refractivity contribution < 1.29 is 14.3 Å². The summed E-state index contributed by atoms with van der Waals surface area (Å²) in [4.78, 5) is 26.4. The molecule has 26 heavy (non-hydrogen) atoms. The summed E-state index contributed by atoms with van der Waals surface area (Å²) in [7, 11) is 0. The number of carbonyl (C=O) groups is 2. The van der Waals surface area contributed by atoms with Gasteiger partial charge in [-0.3, -0.25) is 14.5 Å². The van der Waals surface area contributed by atoms with E-state index in [0.29, 0.717) is 27.1 Å². The summed E-state index contributed by atoms with van der Waals surface area (Å²) in [5, 5.41) is 0.605. The van der Waals surface area contributed by atoms with E-state index in [1.165, 1.54) is 4.90 Å². The van der Waals surface area contributed by atoms with Gasteiger partial charge in [-0.2, -0.15) is 0 Å². The van der Waals surface area contributed by atoms with Gasteiger partial charge in [0.1, 0.15) is 5.75 Å². The van der Waals surface area contributed by atoms with Gasteiger partial charge in [0.05, 0.1) is 18.1 Å². The van der Waals surface area contributed by atoms with Crippen LogP contribution in [0.2, 0.25) is 10.0 Å². The lowest BCUT2D eigenvalue weighted by molar-refractivity contribution is -0.123. The molecule has 1 saturated heterocycles. The molecule has 7 heteroatoms. The number of thioether (sulfide) groups is 1. The number of amides is 2. The van der Waals surface area contributed by atoms with Gasteiger partial charge in [0.2, 0.25) is 0 Å². The molecule has 2 aromatic carbocycles. The van der Waals surface area contributed by atoms with Crippen molar-refractivity contribution in [1.29, 1.82) is 0 Å². The van der Waals surface area contributed by atoms with E-state index in [-0.39, 0.29) is 17.7 Å². The van der Waals surface area contributed by atoms with E-state index in [2.05, 4.69) is 0 Å². The molecule has 0 unspecified atom stereocenters. The molecule has 0 aliphatic carbocycles. The second kappa shape index (κ2) is 8.16. The van der Waals surface area contributed by atoms with Crippen LogP contribution in [0.4, 0.5) is 4.79 Å². The van der Waals surface area contributed by atoms with Crippen molar-refractivity contribution in [3.8, 4) is 5.75 Å². The summed E-state index contributed by atoms with van der Waals surface area (Å²) in [5.41, 5.74) is 1.49. The Morgan fingerprint density at radius 2 is 1.85 bits per heavy atom. The van der Waals surface area contributed by atoms with E-state index in [9.17, 15) is 9.59 Å². The lowest BCUT2D eigenvalue weighted by Gasteiger charge is -2.13. The van der Waals surface area contributed by atoms with Gasteiger partial charge in [0.25, 0.3) is 11.1 Å². The van der Waals surface area contributed by atoms with Crippen molar-refractivity contribution in [3.63, 3.8) is 0 Å². The third-order valence-corrected chi connectivity index (χ3v) is 5.20. The van der Waals surface area contributed by atoms with Crippen LogP contribution in [-0.2, 0) is 11.3 Å². The molecule has 0 N–H and O–H groups in total. The second-order valence-corrected chi connectivity index (χ2v) is 7.34. The van der Waals surface area contributed by atoms with Crippen LogP contribution in [0, 0.1) is 0 Å². The molecule has 1 fully saturated rings. The molecule has 0 radical (unpaired) electrons. The summed E-state index contributed by atoms with van der Waals surface area (Å²) in [6.07, 6.45) is 1.70. The third-order valence-electron chi connectivity index (χ3n) is 3.71. The molecule has 134 valence electrons. The highest BCUT2D eigenvalue weighted by Crippen LogP contribution is 2.34. The average Bonchev–Trinajstić information content (AvgIpc) is 2.86. The number of rotatable bonds is 5. The van der Waals surface area contributed by atoms with E-state index < -0.39 is 0 Å². The number of nitrogens with zero attached hydrogens (tertiary/aromatic N) is 1. The maximum absolute atomic E-state index is 12.6. The Kier molecular flexibility index (Phi) is 5.91. The number of ether oxygens (including phenoxy) is 1. The molecule has 2 amide bonds. The van der Waals surface area contributed by atoms with E-state index in [1.807, 2.05) is 31.2 Å². The molecule has 1 aliphatic rings. The fraction of sp³-hybridized carbons (Fsp3) is 0.158. The van der Waals surface area contributed by atoms with Gasteiger partial charge in [-0.1, -0.05) is 41.4 Å². The Morgan fingerprint density at radius 3 is 2.50 bits per heavy atom. The Hall–Kier alpha value is -1.95. The first-order valence-corrected chi connectivity index (χ1v) is 9.47. The zero-order valence-electron chi connectivity index (χ0n) is 13.9. The molecule has 2 aromatic rings. The van der Waals surface area contributed by atoms with Crippen molar-refractivity contribution in [2.24, 2.45) is 0 Å². The SMILES string of the molecule is CCOc1ccc(/C=C2\SC(=O)N(Cc3ccc(Cl)cc3Cl)C2=O)cc1. The van der Waals surface area contributed by atoms with Crippen LogP contribution in [-0.4, -0.2) is 22.7 Å². The monoisotopic (exact) mass is 407 g/mol. The standard InChI is InChI=1S/C19H15Cl2NO3S/c1-2-25-15-7-3-12(4-8-15)9-17-18(23)22(19(24)26-17)11-13-5-6-14(20)10-16(13)21/h3-10H,2,11H2,1H3/b17-9-. The number of hydrogen-bond donors (Lipinski definition) is 0. The highest BCUT2D eigenvalue weighted by Gasteiger charge is 2.35. The van der Waals surface area contributed by atoms with Gasteiger partial charge >= 0.3 is 0 Å². The van der Waals surface area contributed by atoms with E-state index >= 15 is 0 Å². The smallest absolute Gasteiger partial charge is 0.293 e. The van der Waals surface area contributed by atoms with Crippen molar-refractivity contribution in [2.45, 2.75) is 13.5 Å². The Labute approximate surface area is 165 Å². The number of carbonyl (C=O) groups excluding carboxylic acids is 2. The van der Waals surface area contributed by atoms with Gasteiger partial charge in [0, 0.05) is 10.0 Å². The van der Waals surface area contributed by atoms with Crippen LogP contribution >= 0.6 is 35.0 Å². The van der Waals surface area contributed by atoms with Crippen molar-refractivity contribution in [3.05, 3.63) is 68.5 Å². The summed E-state index contributed by atoms with van der Waals surface area (Å²) < 4.78 is 5.39. The fourth-order valence-corrected chi connectivity index (χ4v) is 3.74. The molecule has 0 bridgehead atoms. The largest absolute Gasteiger partial charge is 0.494 e. The molecule has 0 spiro atoms. The lowest BCUT2D eigenvalue weighted by atomic mass is 10.2. The number of halogens is 2. The molecule has 0 atom stereocenters. The zero-order chi connectivity index (χ0) is 18.7. The average molecular weight is 408 g/mol. The first-order valence-electron chi connectivity index (χ1n) is 7.90. The minimum atomic E-state index is -0.333. The topological polar surface area (TPSA) is 46.6 Å². The van der Waals surface area contributed by atoms with Crippen LogP contribution in [0.1, 0.15) is 18.1 Å². The van der Waals surface area contributed by atoms with Gasteiger partial charge in [-0.05, 0) is 60.2 Å². The maximum atomic E-state index is 12.6. The lowest BCUT2D eigenvalue weighted by Crippen LogP contribution is -2.27. The molecular formula is C19H15Cl2NO3S. The summed E-state index contributed by atoms with van der Waals surface area (Å²) >= 11 is 12.9. The Bertz CT molecular complexity index is 881. The summed E-state index contributed by atoms with van der Waals surface area (Å²) in [6.45, 7) is 2.61. The first kappa shape index (κ1) is 18.8. The summed E-state index contributed by atoms with van der Waals surface area (Å²) in [5.74, 6) is 0.426. The van der Waals surface area contributed by atoms with Gasteiger partial charge < -0.3 is 4.74 Å². The first-order chi connectivity index (χ1) is 12.5. The summed E-state index contributed by atoms with van der Waals surface area (Å²) in [6, 6.07) is 12.3. The normalized spacial score (nSPS) is 15.8. The van der Waals surface area contributed by atoms with Crippen LogP contribution in [0.5, 0.6) is 5.75 Å². The third kappa shape index (κ3) is 4.23. The van der Waals surface area contributed by atoms with E-state index in [1.54, 1.807) is 24.3 Å². The Morgan fingerprint density at radius 1 is 1.12 bits per heavy atom. The van der Waals surface area contributed by atoms with Crippen LogP contribution < -0.4 is 4.74 Å². The predicted octanol–water partition coefficient (Wildman–Crippen LogP) is 5.63. The van der Waals surface area contributed by atoms with Crippen LogP contribution in [0.15, 0.2) is 47.4 Å². The van der Waals surface area contributed by atoms with Crippen molar-refractivity contribution in [2.75, 3.05) is 6.61 Å². The van der Waals surface area contributed by atoms with Crippen LogP contribution in [0.3, 0.4) is 0 Å². The van der Waals surface area contributed by atoms with Crippen molar-refractivity contribution in [1.82, 2.24) is 4.90 Å². The second-order valence-electron chi connectivity index (χ2n) is 5.51. The van der Waals surface area contributed by atoms with Gasteiger partial charge in [-0.15, -0.1) is 0 Å². The van der Waals surface area contributed by atoms with E-state index in [0.717, 1.165) is 23.1 Å². The zero-order valence-corrected chi connectivity index (χ0v) is 16.2. The maximum Gasteiger partial charge on any atom is 0.293 e. The quantitative estimate of drug-likeness (QED) is 0.602. The fourth-order valence-electron chi connectivity index (χ4n) is 2.43. The molecular weight excluding hydrogens is 393 g/mol. The van der Waals surface area contributed by atoms with Gasteiger partial charge in [0.15, 0.2) is 0 Å². The minimum absolute atomic E-state index is 0.112. The molecule has 3 rings (SSSR count). The molecule has 0 saturated carbocycles. The number of hydrogen-bond acceptors (Lipinski definition) is 4. The van der Waals surface area contributed by atoms with Crippen molar-refractivity contribution >= 4 is 52.2 Å². The Balaban J connectivity index is 1.77. The molecule has 4 nitrogen and oxygen atoms in total.